The molecule has 0 aliphatic rings. The summed E-state index contributed by atoms with van der Waals surface area (Å²) in [6, 6.07) is 19.8. The molecule has 0 spiro atoms. The number of rotatable bonds is 3. The van der Waals surface area contributed by atoms with Gasteiger partial charge in [0.15, 0.2) is 12.7 Å². The van der Waals surface area contributed by atoms with Gasteiger partial charge in [0.25, 0.3) is 0 Å². The van der Waals surface area contributed by atoms with Gasteiger partial charge in [-0.1, -0.05) is 30.3 Å². The van der Waals surface area contributed by atoms with Crippen molar-refractivity contribution in [3.8, 4) is 0 Å². The van der Waals surface area contributed by atoms with Gasteiger partial charge in [-0.05, 0) is 18.2 Å². The van der Waals surface area contributed by atoms with Crippen molar-refractivity contribution < 1.29 is 14.1 Å². The molecule has 0 radical (unpaired) electrons. The van der Waals surface area contributed by atoms with Crippen LogP contribution in [0.15, 0.2) is 66.9 Å². The van der Waals surface area contributed by atoms with E-state index < -0.39 is 0 Å². The number of hydrogen-bond acceptors (Lipinski definition) is 2. The quantitative estimate of drug-likeness (QED) is 0.544. The number of benzene rings is 2. The Kier molecular flexibility index (Phi) is 3.65. The normalized spacial score (nSPS) is 10.5. The second kappa shape index (κ2) is 5.75. The lowest BCUT2D eigenvalue weighted by molar-refractivity contribution is -0.662. The van der Waals surface area contributed by atoms with Crippen LogP contribution in [-0.2, 0) is 11.3 Å². The zero-order valence-electron chi connectivity index (χ0n) is 11.8. The molecule has 0 N–H and O–H groups in total. The van der Waals surface area contributed by atoms with Gasteiger partial charge in [0.2, 0.25) is 5.52 Å². The number of esters is 1. The van der Waals surface area contributed by atoms with Crippen LogP contribution < -0.4 is 4.57 Å². The standard InChI is InChI=1S/C18H16NO2/c1-21-18(20)16-10-4-2-8-15(16)13-19-12-6-9-14-7-3-5-11-17(14)19/h2-12H,13H2,1H3/q+1. The van der Waals surface area contributed by atoms with Crippen molar-refractivity contribution in [2.45, 2.75) is 6.54 Å². The van der Waals surface area contributed by atoms with Crippen molar-refractivity contribution in [3.05, 3.63) is 78.0 Å². The van der Waals surface area contributed by atoms with Gasteiger partial charge in [0.05, 0.1) is 12.7 Å². The smallest absolute Gasteiger partial charge is 0.338 e. The van der Waals surface area contributed by atoms with Gasteiger partial charge in [0, 0.05) is 23.1 Å². The highest BCUT2D eigenvalue weighted by atomic mass is 16.5. The van der Waals surface area contributed by atoms with Crippen LogP contribution in [0, 0.1) is 0 Å². The molecule has 104 valence electrons. The van der Waals surface area contributed by atoms with Gasteiger partial charge in [-0.3, -0.25) is 0 Å². The van der Waals surface area contributed by atoms with Crippen LogP contribution in [0.2, 0.25) is 0 Å². The fourth-order valence-electron chi connectivity index (χ4n) is 2.51. The second-order valence-corrected chi connectivity index (χ2v) is 4.84. The molecule has 0 saturated carbocycles. The lowest BCUT2D eigenvalue weighted by Crippen LogP contribution is -2.35. The first-order valence-electron chi connectivity index (χ1n) is 6.83. The van der Waals surface area contributed by atoms with E-state index in [-0.39, 0.29) is 5.97 Å². The molecule has 3 nitrogen and oxygen atoms in total. The maximum atomic E-state index is 11.9. The Morgan fingerprint density at radius 2 is 1.71 bits per heavy atom. The van der Waals surface area contributed by atoms with Crippen LogP contribution in [-0.4, -0.2) is 13.1 Å². The Labute approximate surface area is 123 Å². The van der Waals surface area contributed by atoms with E-state index in [9.17, 15) is 4.79 Å². The van der Waals surface area contributed by atoms with Gasteiger partial charge in [-0.25, -0.2) is 4.79 Å². The van der Waals surface area contributed by atoms with Crippen LogP contribution in [0.25, 0.3) is 10.9 Å². The molecule has 0 saturated heterocycles. The third-order valence-corrected chi connectivity index (χ3v) is 3.55. The van der Waals surface area contributed by atoms with Crippen molar-refractivity contribution in [1.82, 2.24) is 0 Å². The van der Waals surface area contributed by atoms with Crippen molar-refractivity contribution >= 4 is 16.9 Å². The van der Waals surface area contributed by atoms with Crippen LogP contribution in [0.5, 0.6) is 0 Å². The minimum absolute atomic E-state index is 0.300. The minimum Gasteiger partial charge on any atom is -0.465 e. The molecule has 0 amide bonds. The van der Waals surface area contributed by atoms with E-state index in [0.717, 1.165) is 11.1 Å². The highest BCUT2D eigenvalue weighted by Gasteiger charge is 2.15. The topological polar surface area (TPSA) is 30.2 Å². The molecule has 3 heteroatoms. The summed E-state index contributed by atoms with van der Waals surface area (Å²) in [6.07, 6.45) is 2.02. The van der Waals surface area contributed by atoms with Crippen molar-refractivity contribution in [3.63, 3.8) is 0 Å². The molecule has 0 atom stereocenters. The Morgan fingerprint density at radius 3 is 2.57 bits per heavy atom. The monoisotopic (exact) mass is 278 g/mol. The highest BCUT2D eigenvalue weighted by Crippen LogP contribution is 2.12. The Hall–Kier alpha value is -2.68. The number of fused-ring (bicyclic) bond motifs is 1. The van der Waals surface area contributed by atoms with E-state index in [1.54, 1.807) is 6.07 Å². The largest absolute Gasteiger partial charge is 0.465 e. The molecule has 0 aliphatic heterocycles. The highest BCUT2D eigenvalue weighted by molar-refractivity contribution is 5.90. The molecule has 3 aromatic rings. The fraction of sp³-hybridized carbons (Fsp3) is 0.111. The van der Waals surface area contributed by atoms with Gasteiger partial charge in [-0.2, -0.15) is 4.57 Å². The van der Waals surface area contributed by atoms with E-state index >= 15 is 0 Å². The van der Waals surface area contributed by atoms with Crippen LogP contribution >= 0.6 is 0 Å². The summed E-state index contributed by atoms with van der Waals surface area (Å²) in [4.78, 5) is 11.9. The fourth-order valence-corrected chi connectivity index (χ4v) is 2.51. The molecular formula is C18H16NO2+. The summed E-state index contributed by atoms with van der Waals surface area (Å²) in [5, 5.41) is 1.18. The molecule has 3 rings (SSSR count). The Balaban J connectivity index is 2.05. The van der Waals surface area contributed by atoms with E-state index in [1.807, 2.05) is 42.6 Å². The summed E-state index contributed by atoms with van der Waals surface area (Å²) >= 11 is 0. The summed E-state index contributed by atoms with van der Waals surface area (Å²) in [6.45, 7) is 0.632. The average molecular weight is 278 g/mol. The van der Waals surface area contributed by atoms with E-state index in [4.69, 9.17) is 4.74 Å². The number of aromatic nitrogens is 1. The van der Waals surface area contributed by atoms with Gasteiger partial charge >= 0.3 is 5.97 Å². The number of ether oxygens (including phenoxy) is 1. The number of hydrogen-bond donors (Lipinski definition) is 0. The molecule has 1 heterocycles. The first kappa shape index (κ1) is 13.3. The third kappa shape index (κ3) is 2.63. The third-order valence-electron chi connectivity index (χ3n) is 3.55. The molecule has 0 fully saturated rings. The maximum absolute atomic E-state index is 11.9. The van der Waals surface area contributed by atoms with Gasteiger partial charge < -0.3 is 4.74 Å². The Bertz CT molecular complexity index is 791. The number of para-hydroxylation sites is 1. The number of nitrogens with zero attached hydrogens (tertiary/aromatic N) is 1. The molecule has 0 bridgehead atoms. The minimum atomic E-state index is -0.300. The molecule has 0 unspecified atom stereocenters. The molecule has 1 aromatic heterocycles. The number of methoxy groups -OCH3 is 1. The number of pyridine rings is 1. The van der Waals surface area contributed by atoms with Crippen LogP contribution in [0.4, 0.5) is 0 Å². The number of carbonyl (C=O) groups is 1. The molecular weight excluding hydrogens is 262 g/mol. The predicted molar refractivity (Wildman–Crippen MR) is 81.0 cm³/mol. The maximum Gasteiger partial charge on any atom is 0.338 e. The summed E-state index contributed by atoms with van der Waals surface area (Å²) in [5.74, 6) is -0.300. The lowest BCUT2D eigenvalue weighted by Gasteiger charge is -2.06. The first-order chi connectivity index (χ1) is 10.3. The molecule has 2 aromatic carbocycles. The van der Waals surface area contributed by atoms with Crippen LogP contribution in [0.1, 0.15) is 15.9 Å². The Morgan fingerprint density at radius 1 is 1.00 bits per heavy atom. The summed E-state index contributed by atoms with van der Waals surface area (Å²) < 4.78 is 6.99. The number of carbonyl (C=O) groups excluding carboxylic acids is 1. The first-order valence-corrected chi connectivity index (χ1v) is 6.83. The lowest BCUT2D eigenvalue weighted by atomic mass is 10.1. The molecule has 0 aliphatic carbocycles. The second-order valence-electron chi connectivity index (χ2n) is 4.84. The van der Waals surface area contributed by atoms with E-state index in [2.05, 4.69) is 22.8 Å². The summed E-state index contributed by atoms with van der Waals surface area (Å²) in [5.41, 5.74) is 2.70. The van der Waals surface area contributed by atoms with Gasteiger partial charge in [0.1, 0.15) is 0 Å². The molecule has 21 heavy (non-hydrogen) atoms. The van der Waals surface area contributed by atoms with Crippen molar-refractivity contribution in [2.24, 2.45) is 0 Å². The van der Waals surface area contributed by atoms with Crippen molar-refractivity contribution in [1.29, 1.82) is 0 Å². The predicted octanol–water partition coefficient (Wildman–Crippen LogP) is 2.96. The SMILES string of the molecule is COC(=O)c1ccccc1C[n+]1cccc2ccccc21. The zero-order chi connectivity index (χ0) is 14.7. The summed E-state index contributed by atoms with van der Waals surface area (Å²) in [7, 11) is 1.41. The van der Waals surface area contributed by atoms with Crippen LogP contribution in [0.3, 0.4) is 0 Å². The average Bonchev–Trinajstić information content (AvgIpc) is 2.55. The van der Waals surface area contributed by atoms with E-state index in [0.29, 0.717) is 12.1 Å². The van der Waals surface area contributed by atoms with Gasteiger partial charge in [-0.15, -0.1) is 0 Å². The van der Waals surface area contributed by atoms with Crippen molar-refractivity contribution in [2.75, 3.05) is 7.11 Å². The van der Waals surface area contributed by atoms with E-state index in [1.165, 1.54) is 12.5 Å². The zero-order valence-corrected chi connectivity index (χ0v) is 11.8.